The molecule has 2 aliphatic rings. The van der Waals surface area contributed by atoms with Crippen LogP contribution >= 0.6 is 0 Å². The zero-order chi connectivity index (χ0) is 21.4. The normalized spacial score (nSPS) is 21.6. The van der Waals surface area contributed by atoms with Crippen molar-refractivity contribution < 1.29 is 17.9 Å². The maximum absolute atomic E-state index is 12.3. The Morgan fingerprint density at radius 1 is 1.17 bits per heavy atom. The summed E-state index contributed by atoms with van der Waals surface area (Å²) in [6.45, 7) is 3.95. The third kappa shape index (κ3) is 7.04. The fourth-order valence-corrected chi connectivity index (χ4v) is 5.39. The summed E-state index contributed by atoms with van der Waals surface area (Å²) in [7, 11) is -3.18. The van der Waals surface area contributed by atoms with Gasteiger partial charge in [-0.1, -0.05) is 30.3 Å². The minimum atomic E-state index is -3.18. The Morgan fingerprint density at radius 2 is 1.90 bits per heavy atom. The molecular weight excluding hydrogens is 402 g/mol. The molecule has 2 aliphatic heterocycles. The first-order valence-corrected chi connectivity index (χ1v) is 12.9. The summed E-state index contributed by atoms with van der Waals surface area (Å²) in [4.78, 5) is 14.7. The van der Waals surface area contributed by atoms with E-state index in [0.29, 0.717) is 32.1 Å². The Bertz CT molecular complexity index is 766. The van der Waals surface area contributed by atoms with Crippen LogP contribution in [-0.4, -0.2) is 81.3 Å². The van der Waals surface area contributed by atoms with Crippen LogP contribution < -0.4 is 5.32 Å². The Morgan fingerprint density at radius 3 is 2.60 bits per heavy atom. The van der Waals surface area contributed by atoms with Gasteiger partial charge >= 0.3 is 0 Å². The average molecular weight is 438 g/mol. The molecule has 1 amide bonds. The van der Waals surface area contributed by atoms with E-state index < -0.39 is 10.0 Å². The SMILES string of the molecule is CS(=O)(=O)N1CCCC(N(CCNC(=O)CCc2ccccc2)C2CCOCC2)C1. The molecule has 1 atom stereocenters. The van der Waals surface area contributed by atoms with Gasteiger partial charge in [0.1, 0.15) is 0 Å². The van der Waals surface area contributed by atoms with Crippen molar-refractivity contribution in [2.75, 3.05) is 45.6 Å². The molecule has 0 radical (unpaired) electrons. The Labute approximate surface area is 180 Å². The number of ether oxygens (including phenoxy) is 1. The van der Waals surface area contributed by atoms with E-state index >= 15 is 0 Å². The Kier molecular flexibility index (Phi) is 8.68. The maximum Gasteiger partial charge on any atom is 0.220 e. The first kappa shape index (κ1) is 23.2. The van der Waals surface area contributed by atoms with Gasteiger partial charge < -0.3 is 10.1 Å². The van der Waals surface area contributed by atoms with E-state index in [4.69, 9.17) is 4.74 Å². The predicted octanol–water partition coefficient (Wildman–Crippen LogP) is 1.64. The number of carbonyl (C=O) groups excluding carboxylic acids is 1. The van der Waals surface area contributed by atoms with Crippen LogP contribution in [0.25, 0.3) is 0 Å². The van der Waals surface area contributed by atoms with Crippen LogP contribution in [-0.2, 0) is 26.0 Å². The summed E-state index contributed by atoms with van der Waals surface area (Å²) in [5.74, 6) is 0.0622. The van der Waals surface area contributed by atoms with E-state index in [1.807, 2.05) is 30.3 Å². The molecule has 2 heterocycles. The van der Waals surface area contributed by atoms with Crippen molar-refractivity contribution in [3.8, 4) is 0 Å². The number of aryl methyl sites for hydroxylation is 1. The van der Waals surface area contributed by atoms with E-state index in [1.165, 1.54) is 11.8 Å². The van der Waals surface area contributed by atoms with Gasteiger partial charge in [-0.3, -0.25) is 9.69 Å². The van der Waals surface area contributed by atoms with Crippen LogP contribution in [0.5, 0.6) is 0 Å². The Hall–Kier alpha value is -1.48. The molecule has 7 nitrogen and oxygen atoms in total. The summed E-state index contributed by atoms with van der Waals surface area (Å²) in [6.07, 6.45) is 6.29. The second-order valence-corrected chi connectivity index (χ2v) is 10.3. The number of nitrogens with zero attached hydrogens (tertiary/aromatic N) is 2. The lowest BCUT2D eigenvalue weighted by Gasteiger charge is -2.43. The van der Waals surface area contributed by atoms with Gasteiger partial charge in [-0.15, -0.1) is 0 Å². The molecule has 0 aromatic heterocycles. The monoisotopic (exact) mass is 437 g/mol. The molecule has 168 valence electrons. The minimum absolute atomic E-state index is 0.0622. The summed E-state index contributed by atoms with van der Waals surface area (Å²) < 4.78 is 31.2. The lowest BCUT2D eigenvalue weighted by atomic mass is 9.99. The highest BCUT2D eigenvalue weighted by Crippen LogP contribution is 2.24. The third-order valence-electron chi connectivity index (χ3n) is 6.13. The van der Waals surface area contributed by atoms with E-state index in [0.717, 1.165) is 51.9 Å². The van der Waals surface area contributed by atoms with Gasteiger partial charge in [-0.25, -0.2) is 12.7 Å². The standard InChI is InChI=1S/C22H35N3O4S/c1-30(27,28)24-14-5-8-21(18-24)25(20-11-16-29-17-12-20)15-13-23-22(26)10-9-19-6-3-2-4-7-19/h2-4,6-7,20-21H,5,8-18H2,1H3,(H,23,26). The van der Waals surface area contributed by atoms with E-state index in [9.17, 15) is 13.2 Å². The van der Waals surface area contributed by atoms with E-state index in [2.05, 4.69) is 10.2 Å². The molecule has 0 bridgehead atoms. The summed E-state index contributed by atoms with van der Waals surface area (Å²) in [5.41, 5.74) is 1.17. The van der Waals surface area contributed by atoms with E-state index in [-0.39, 0.29) is 11.9 Å². The van der Waals surface area contributed by atoms with Crippen molar-refractivity contribution in [2.24, 2.45) is 0 Å². The molecule has 3 rings (SSSR count). The van der Waals surface area contributed by atoms with Gasteiger partial charge in [0.25, 0.3) is 0 Å². The fourth-order valence-electron chi connectivity index (χ4n) is 4.49. The molecule has 1 unspecified atom stereocenters. The number of rotatable bonds is 9. The molecule has 0 spiro atoms. The van der Waals surface area contributed by atoms with Gasteiger partial charge in [0.15, 0.2) is 0 Å². The number of carbonyl (C=O) groups is 1. The Balaban J connectivity index is 1.53. The first-order chi connectivity index (χ1) is 14.4. The highest BCUT2D eigenvalue weighted by atomic mass is 32.2. The molecule has 0 aliphatic carbocycles. The molecule has 1 N–H and O–H groups in total. The van der Waals surface area contributed by atoms with Crippen LogP contribution in [0.4, 0.5) is 0 Å². The lowest BCUT2D eigenvalue weighted by Crippen LogP contribution is -2.55. The van der Waals surface area contributed by atoms with Crippen LogP contribution in [0.1, 0.15) is 37.7 Å². The van der Waals surface area contributed by atoms with Crippen molar-refractivity contribution >= 4 is 15.9 Å². The topological polar surface area (TPSA) is 79.0 Å². The zero-order valence-corrected chi connectivity index (χ0v) is 18.8. The highest BCUT2D eigenvalue weighted by molar-refractivity contribution is 7.88. The van der Waals surface area contributed by atoms with Crippen LogP contribution in [0, 0.1) is 0 Å². The second kappa shape index (κ2) is 11.2. The molecular formula is C22H35N3O4S. The van der Waals surface area contributed by atoms with Gasteiger partial charge in [0, 0.05) is 57.9 Å². The van der Waals surface area contributed by atoms with Crippen molar-refractivity contribution in [2.45, 2.75) is 50.6 Å². The van der Waals surface area contributed by atoms with Crippen LogP contribution in [0.3, 0.4) is 0 Å². The number of amides is 1. The fraction of sp³-hybridized carbons (Fsp3) is 0.682. The van der Waals surface area contributed by atoms with Crippen LogP contribution in [0.15, 0.2) is 30.3 Å². The predicted molar refractivity (Wildman–Crippen MR) is 118 cm³/mol. The van der Waals surface area contributed by atoms with Crippen molar-refractivity contribution in [3.63, 3.8) is 0 Å². The zero-order valence-electron chi connectivity index (χ0n) is 18.0. The smallest absolute Gasteiger partial charge is 0.220 e. The van der Waals surface area contributed by atoms with Crippen LogP contribution in [0.2, 0.25) is 0 Å². The van der Waals surface area contributed by atoms with Crippen molar-refractivity contribution in [1.82, 2.24) is 14.5 Å². The molecule has 0 saturated carbocycles. The van der Waals surface area contributed by atoms with E-state index in [1.54, 1.807) is 4.31 Å². The number of nitrogens with one attached hydrogen (secondary N) is 1. The highest BCUT2D eigenvalue weighted by Gasteiger charge is 2.33. The second-order valence-electron chi connectivity index (χ2n) is 8.33. The molecule has 2 saturated heterocycles. The summed E-state index contributed by atoms with van der Waals surface area (Å²) in [5, 5.41) is 3.06. The summed E-state index contributed by atoms with van der Waals surface area (Å²) in [6, 6.07) is 10.6. The quantitative estimate of drug-likeness (QED) is 0.635. The van der Waals surface area contributed by atoms with Crippen molar-refractivity contribution in [1.29, 1.82) is 0 Å². The number of benzene rings is 1. The lowest BCUT2D eigenvalue weighted by molar-refractivity contribution is -0.121. The molecule has 8 heteroatoms. The van der Waals surface area contributed by atoms with Gasteiger partial charge in [-0.2, -0.15) is 0 Å². The molecule has 1 aromatic carbocycles. The number of piperidine rings is 1. The van der Waals surface area contributed by atoms with Gasteiger partial charge in [0.05, 0.1) is 6.26 Å². The molecule has 1 aromatic rings. The number of hydrogen-bond donors (Lipinski definition) is 1. The van der Waals surface area contributed by atoms with Crippen molar-refractivity contribution in [3.05, 3.63) is 35.9 Å². The van der Waals surface area contributed by atoms with Gasteiger partial charge in [0.2, 0.25) is 15.9 Å². The molecule has 30 heavy (non-hydrogen) atoms. The average Bonchev–Trinajstić information content (AvgIpc) is 2.76. The largest absolute Gasteiger partial charge is 0.381 e. The number of hydrogen-bond acceptors (Lipinski definition) is 5. The minimum Gasteiger partial charge on any atom is -0.381 e. The number of sulfonamides is 1. The summed E-state index contributed by atoms with van der Waals surface area (Å²) >= 11 is 0. The maximum atomic E-state index is 12.3. The first-order valence-electron chi connectivity index (χ1n) is 11.0. The molecule has 2 fully saturated rings. The third-order valence-corrected chi connectivity index (χ3v) is 7.40. The van der Waals surface area contributed by atoms with Gasteiger partial charge in [-0.05, 0) is 37.7 Å².